The van der Waals surface area contributed by atoms with Crippen LogP contribution in [0.3, 0.4) is 0 Å². The number of nitrogens with zero attached hydrogens (tertiary/aromatic N) is 2. The molecular formula is C15H23N3O3. The molecule has 0 radical (unpaired) electrons. The molecule has 1 N–H and O–H groups in total. The van der Waals surface area contributed by atoms with Gasteiger partial charge in [-0.1, -0.05) is 20.8 Å². The van der Waals surface area contributed by atoms with E-state index in [0.29, 0.717) is 25.4 Å². The first-order valence-corrected chi connectivity index (χ1v) is 7.19. The molecule has 1 saturated heterocycles. The first kappa shape index (κ1) is 15.5. The molecule has 0 spiro atoms. The van der Waals surface area contributed by atoms with E-state index >= 15 is 0 Å². The molecule has 1 aromatic rings. The van der Waals surface area contributed by atoms with E-state index < -0.39 is 6.04 Å². The van der Waals surface area contributed by atoms with Crippen molar-refractivity contribution in [3.8, 4) is 0 Å². The van der Waals surface area contributed by atoms with E-state index in [0.717, 1.165) is 11.5 Å². The molecule has 1 aliphatic rings. The lowest BCUT2D eigenvalue weighted by molar-refractivity contribution is -0.137. The third-order valence-corrected chi connectivity index (χ3v) is 3.74. The highest BCUT2D eigenvalue weighted by atomic mass is 16.4. The maximum Gasteiger partial charge on any atom is 0.246 e. The molecule has 0 bridgehead atoms. The van der Waals surface area contributed by atoms with E-state index in [9.17, 15) is 9.59 Å². The topological polar surface area (TPSA) is 75.4 Å². The standard InChI is InChI=1S/C15H23N3O3/c1-9-10(2)21-12(16-9)8-18-7-6-11(19)17-13(14(18)20)15(3,4)5/h13H,6-8H2,1-5H3,(H,17,19). The lowest BCUT2D eigenvalue weighted by Crippen LogP contribution is -2.51. The normalized spacial score (nSPS) is 20.4. The van der Waals surface area contributed by atoms with Gasteiger partial charge < -0.3 is 14.6 Å². The molecular weight excluding hydrogens is 270 g/mol. The van der Waals surface area contributed by atoms with Crippen LogP contribution in [0.15, 0.2) is 4.42 Å². The Morgan fingerprint density at radius 2 is 2.00 bits per heavy atom. The highest BCUT2D eigenvalue weighted by molar-refractivity contribution is 5.90. The Kier molecular flexibility index (Phi) is 4.07. The van der Waals surface area contributed by atoms with Crippen molar-refractivity contribution in [2.24, 2.45) is 5.41 Å². The molecule has 1 aliphatic heterocycles. The van der Waals surface area contributed by atoms with Crippen LogP contribution >= 0.6 is 0 Å². The Morgan fingerprint density at radius 3 is 2.52 bits per heavy atom. The highest BCUT2D eigenvalue weighted by Gasteiger charge is 2.38. The van der Waals surface area contributed by atoms with Gasteiger partial charge in [0.1, 0.15) is 11.8 Å². The number of aromatic nitrogens is 1. The summed E-state index contributed by atoms with van der Waals surface area (Å²) >= 11 is 0. The van der Waals surface area contributed by atoms with Crippen molar-refractivity contribution in [2.75, 3.05) is 6.54 Å². The number of oxazole rings is 1. The Morgan fingerprint density at radius 1 is 1.33 bits per heavy atom. The number of carbonyl (C=O) groups is 2. The molecule has 0 saturated carbocycles. The van der Waals surface area contributed by atoms with Crippen LogP contribution in [-0.4, -0.2) is 34.3 Å². The largest absolute Gasteiger partial charge is 0.444 e. The van der Waals surface area contributed by atoms with E-state index in [2.05, 4.69) is 10.3 Å². The van der Waals surface area contributed by atoms with E-state index in [-0.39, 0.29) is 17.2 Å². The summed E-state index contributed by atoms with van der Waals surface area (Å²) in [7, 11) is 0. The second-order valence-electron chi connectivity index (χ2n) is 6.63. The highest BCUT2D eigenvalue weighted by Crippen LogP contribution is 2.24. The monoisotopic (exact) mass is 293 g/mol. The molecule has 1 fully saturated rings. The van der Waals surface area contributed by atoms with Gasteiger partial charge in [-0.3, -0.25) is 9.59 Å². The molecule has 6 heteroatoms. The van der Waals surface area contributed by atoms with Crippen molar-refractivity contribution in [1.29, 1.82) is 0 Å². The van der Waals surface area contributed by atoms with Crippen LogP contribution in [-0.2, 0) is 16.1 Å². The van der Waals surface area contributed by atoms with Gasteiger partial charge in [-0.2, -0.15) is 0 Å². The van der Waals surface area contributed by atoms with Crippen molar-refractivity contribution in [3.63, 3.8) is 0 Å². The van der Waals surface area contributed by atoms with Gasteiger partial charge in [0.2, 0.25) is 17.7 Å². The molecule has 2 heterocycles. The zero-order valence-corrected chi connectivity index (χ0v) is 13.3. The zero-order valence-electron chi connectivity index (χ0n) is 13.3. The lowest BCUT2D eigenvalue weighted by atomic mass is 9.86. The third-order valence-electron chi connectivity index (χ3n) is 3.74. The predicted octanol–water partition coefficient (Wildman–Crippen LogP) is 1.55. The molecule has 1 atom stereocenters. The Balaban J connectivity index is 2.21. The Labute approximate surface area is 124 Å². The van der Waals surface area contributed by atoms with E-state index in [1.165, 1.54) is 0 Å². The number of hydrogen-bond acceptors (Lipinski definition) is 4. The summed E-state index contributed by atoms with van der Waals surface area (Å²) in [6.07, 6.45) is 0.303. The molecule has 0 aliphatic carbocycles. The van der Waals surface area contributed by atoms with E-state index in [1.54, 1.807) is 4.90 Å². The number of rotatable bonds is 2. The summed E-state index contributed by atoms with van der Waals surface area (Å²) in [5, 5.41) is 2.82. The maximum atomic E-state index is 12.7. The molecule has 21 heavy (non-hydrogen) atoms. The van der Waals surface area contributed by atoms with E-state index in [4.69, 9.17) is 4.42 Å². The van der Waals surface area contributed by atoms with Gasteiger partial charge in [-0.05, 0) is 19.3 Å². The second kappa shape index (κ2) is 5.50. The first-order valence-electron chi connectivity index (χ1n) is 7.19. The van der Waals surface area contributed by atoms with Crippen LogP contribution in [0.2, 0.25) is 0 Å². The first-order chi connectivity index (χ1) is 9.68. The summed E-state index contributed by atoms with van der Waals surface area (Å²) in [4.78, 5) is 30.4. The van der Waals surface area contributed by atoms with Crippen molar-refractivity contribution < 1.29 is 14.0 Å². The molecule has 0 aromatic carbocycles. The fourth-order valence-corrected chi connectivity index (χ4v) is 2.34. The van der Waals surface area contributed by atoms with Crippen LogP contribution in [0.1, 0.15) is 44.5 Å². The van der Waals surface area contributed by atoms with Crippen LogP contribution in [0.5, 0.6) is 0 Å². The maximum absolute atomic E-state index is 12.7. The van der Waals surface area contributed by atoms with Crippen molar-refractivity contribution in [3.05, 3.63) is 17.3 Å². The second-order valence-corrected chi connectivity index (χ2v) is 6.63. The van der Waals surface area contributed by atoms with Crippen molar-refractivity contribution in [1.82, 2.24) is 15.2 Å². The SMILES string of the molecule is Cc1nc(CN2CCC(=O)NC(C(C)(C)C)C2=O)oc1C. The predicted molar refractivity (Wildman–Crippen MR) is 77.4 cm³/mol. The zero-order chi connectivity index (χ0) is 15.8. The number of carbonyl (C=O) groups excluding carboxylic acids is 2. The van der Waals surface area contributed by atoms with Gasteiger partial charge >= 0.3 is 0 Å². The average Bonchev–Trinajstić information content (AvgIpc) is 2.60. The smallest absolute Gasteiger partial charge is 0.246 e. The molecule has 1 aromatic heterocycles. The van der Waals surface area contributed by atoms with Gasteiger partial charge in [0.15, 0.2) is 0 Å². The minimum Gasteiger partial charge on any atom is -0.444 e. The van der Waals surface area contributed by atoms with Crippen molar-refractivity contribution in [2.45, 2.75) is 53.6 Å². The van der Waals surface area contributed by atoms with Crippen LogP contribution < -0.4 is 5.32 Å². The summed E-state index contributed by atoms with van der Waals surface area (Å²) in [6, 6.07) is -0.523. The number of aryl methyl sites for hydroxylation is 2. The van der Waals surface area contributed by atoms with Crippen LogP contribution in [0.4, 0.5) is 0 Å². The molecule has 1 unspecified atom stereocenters. The van der Waals surface area contributed by atoms with Crippen LogP contribution in [0, 0.1) is 19.3 Å². The van der Waals surface area contributed by atoms with Gasteiger partial charge in [0, 0.05) is 13.0 Å². The quantitative estimate of drug-likeness (QED) is 0.897. The number of nitrogens with one attached hydrogen (secondary N) is 1. The van der Waals surface area contributed by atoms with Gasteiger partial charge in [0.05, 0.1) is 12.2 Å². The number of hydrogen-bond donors (Lipinski definition) is 1. The van der Waals surface area contributed by atoms with E-state index in [1.807, 2.05) is 34.6 Å². The number of amides is 2. The summed E-state index contributed by atoms with van der Waals surface area (Å²) < 4.78 is 5.54. The lowest BCUT2D eigenvalue weighted by Gasteiger charge is -2.31. The summed E-state index contributed by atoms with van der Waals surface area (Å²) in [5.74, 6) is 1.10. The molecule has 2 amide bonds. The minimum absolute atomic E-state index is 0.0816. The van der Waals surface area contributed by atoms with Crippen molar-refractivity contribution >= 4 is 11.8 Å². The summed E-state index contributed by atoms with van der Waals surface area (Å²) in [6.45, 7) is 10.2. The fraction of sp³-hybridized carbons (Fsp3) is 0.667. The molecule has 116 valence electrons. The van der Waals surface area contributed by atoms with Crippen LogP contribution in [0.25, 0.3) is 0 Å². The van der Waals surface area contributed by atoms with Gasteiger partial charge in [0.25, 0.3) is 0 Å². The third kappa shape index (κ3) is 3.43. The average molecular weight is 293 g/mol. The Bertz CT molecular complexity index is 538. The Hall–Kier alpha value is -1.85. The van der Waals surface area contributed by atoms with Gasteiger partial charge in [-0.25, -0.2) is 4.98 Å². The molecule has 6 nitrogen and oxygen atoms in total. The molecule has 2 rings (SSSR count). The summed E-state index contributed by atoms with van der Waals surface area (Å²) in [5.41, 5.74) is 0.492. The minimum atomic E-state index is -0.523. The fourth-order valence-electron chi connectivity index (χ4n) is 2.34. The van der Waals surface area contributed by atoms with Gasteiger partial charge in [-0.15, -0.1) is 0 Å².